The molecule has 0 unspecified atom stereocenters. The number of hydrogen-bond donors (Lipinski definition) is 0. The summed E-state index contributed by atoms with van der Waals surface area (Å²) in [6, 6.07) is 12.7. The molecule has 0 atom stereocenters. The molecule has 0 bridgehead atoms. The maximum Gasteiger partial charge on any atom is 0.125 e. The van der Waals surface area contributed by atoms with Gasteiger partial charge in [0.25, 0.3) is 0 Å². The standard InChI is InChI=1S/C20H21N3OS/c1-14-21-11-16-12-23(9-8-19(16)22-14)13-18-6-7-20(25-18)15-4-3-5-17(10-15)24-2/h3-7,10-11H,8-9,12-13H2,1-2H3. The second-order valence-corrected chi connectivity index (χ2v) is 7.52. The molecular weight excluding hydrogens is 330 g/mol. The van der Waals surface area contributed by atoms with E-state index in [0.717, 1.165) is 37.6 Å². The van der Waals surface area contributed by atoms with Crippen LogP contribution in [-0.4, -0.2) is 28.5 Å². The predicted molar refractivity (Wildman–Crippen MR) is 101 cm³/mol. The number of aromatic nitrogens is 2. The van der Waals surface area contributed by atoms with Crippen LogP contribution in [0.4, 0.5) is 0 Å². The van der Waals surface area contributed by atoms with Crippen LogP contribution < -0.4 is 4.74 Å². The molecule has 25 heavy (non-hydrogen) atoms. The number of hydrogen-bond acceptors (Lipinski definition) is 5. The summed E-state index contributed by atoms with van der Waals surface area (Å²) in [5.41, 5.74) is 3.69. The Balaban J connectivity index is 1.47. The van der Waals surface area contributed by atoms with Crippen LogP contribution in [0, 0.1) is 6.92 Å². The minimum atomic E-state index is 0.869. The van der Waals surface area contributed by atoms with Crippen molar-refractivity contribution in [1.29, 1.82) is 0 Å². The van der Waals surface area contributed by atoms with E-state index in [0.29, 0.717) is 0 Å². The molecule has 5 heteroatoms. The normalized spacial score (nSPS) is 14.3. The molecule has 0 saturated carbocycles. The van der Waals surface area contributed by atoms with Crippen LogP contribution in [0.15, 0.2) is 42.6 Å². The van der Waals surface area contributed by atoms with Gasteiger partial charge in [0.15, 0.2) is 0 Å². The highest BCUT2D eigenvalue weighted by Crippen LogP contribution is 2.31. The van der Waals surface area contributed by atoms with Crippen molar-refractivity contribution in [3.63, 3.8) is 0 Å². The van der Waals surface area contributed by atoms with Gasteiger partial charge in [0.2, 0.25) is 0 Å². The van der Waals surface area contributed by atoms with Crippen molar-refractivity contribution >= 4 is 11.3 Å². The zero-order valence-electron chi connectivity index (χ0n) is 14.5. The summed E-state index contributed by atoms with van der Waals surface area (Å²) in [4.78, 5) is 14.1. The lowest BCUT2D eigenvalue weighted by atomic mass is 10.1. The number of nitrogens with zero attached hydrogens (tertiary/aromatic N) is 3. The predicted octanol–water partition coefficient (Wildman–Crippen LogP) is 4.08. The van der Waals surface area contributed by atoms with Gasteiger partial charge >= 0.3 is 0 Å². The van der Waals surface area contributed by atoms with Gasteiger partial charge in [0, 0.05) is 53.3 Å². The van der Waals surface area contributed by atoms with Gasteiger partial charge in [-0.2, -0.15) is 0 Å². The molecule has 0 aliphatic carbocycles. The molecule has 0 saturated heterocycles. The fraction of sp³-hybridized carbons (Fsp3) is 0.300. The van der Waals surface area contributed by atoms with Gasteiger partial charge in [0.1, 0.15) is 11.6 Å². The first-order valence-corrected chi connectivity index (χ1v) is 9.30. The highest BCUT2D eigenvalue weighted by atomic mass is 32.1. The smallest absolute Gasteiger partial charge is 0.125 e. The maximum atomic E-state index is 5.33. The SMILES string of the molecule is COc1cccc(-c2ccc(CN3CCc4nc(C)ncc4C3)s2)c1. The lowest BCUT2D eigenvalue weighted by Gasteiger charge is -2.27. The number of ether oxygens (including phenoxy) is 1. The molecule has 1 aliphatic rings. The number of methoxy groups -OCH3 is 1. The van der Waals surface area contributed by atoms with Crippen LogP contribution in [0.5, 0.6) is 5.75 Å². The minimum Gasteiger partial charge on any atom is -0.497 e. The lowest BCUT2D eigenvalue weighted by molar-refractivity contribution is 0.245. The average Bonchev–Trinajstić information content (AvgIpc) is 3.10. The summed E-state index contributed by atoms with van der Waals surface area (Å²) < 4.78 is 5.33. The summed E-state index contributed by atoms with van der Waals surface area (Å²) in [5.74, 6) is 1.77. The van der Waals surface area contributed by atoms with Gasteiger partial charge < -0.3 is 4.74 Å². The van der Waals surface area contributed by atoms with Gasteiger partial charge in [-0.15, -0.1) is 11.3 Å². The van der Waals surface area contributed by atoms with E-state index in [1.807, 2.05) is 36.6 Å². The second-order valence-electron chi connectivity index (χ2n) is 6.35. The molecule has 4 rings (SSSR count). The minimum absolute atomic E-state index is 0.869. The topological polar surface area (TPSA) is 38.2 Å². The van der Waals surface area contributed by atoms with Crippen LogP contribution in [0.1, 0.15) is 22.0 Å². The van der Waals surface area contributed by atoms with Crippen molar-refractivity contribution in [2.45, 2.75) is 26.4 Å². The molecular formula is C20H21N3OS. The Morgan fingerprint density at radius 2 is 2.16 bits per heavy atom. The molecule has 0 spiro atoms. The number of thiophene rings is 1. The van der Waals surface area contributed by atoms with Gasteiger partial charge in [-0.05, 0) is 36.8 Å². The lowest BCUT2D eigenvalue weighted by Crippen LogP contribution is -2.30. The Kier molecular flexibility index (Phi) is 4.51. The Bertz CT molecular complexity index is 890. The molecule has 128 valence electrons. The number of benzene rings is 1. The van der Waals surface area contributed by atoms with Gasteiger partial charge in [-0.1, -0.05) is 12.1 Å². The number of aryl methyl sites for hydroxylation is 1. The first kappa shape index (κ1) is 16.2. The van der Waals surface area contributed by atoms with E-state index in [2.05, 4.69) is 39.1 Å². The van der Waals surface area contributed by atoms with E-state index < -0.39 is 0 Å². The van der Waals surface area contributed by atoms with Crippen molar-refractivity contribution in [3.05, 3.63) is 64.6 Å². The quantitative estimate of drug-likeness (QED) is 0.710. The van der Waals surface area contributed by atoms with Gasteiger partial charge in [-0.25, -0.2) is 9.97 Å². The van der Waals surface area contributed by atoms with Crippen molar-refractivity contribution in [2.75, 3.05) is 13.7 Å². The average molecular weight is 351 g/mol. The van der Waals surface area contributed by atoms with E-state index in [4.69, 9.17) is 4.74 Å². The highest BCUT2D eigenvalue weighted by molar-refractivity contribution is 7.15. The molecule has 2 aromatic heterocycles. The molecule has 1 aliphatic heterocycles. The monoisotopic (exact) mass is 351 g/mol. The molecule has 0 amide bonds. The molecule has 3 aromatic rings. The first-order chi connectivity index (χ1) is 12.2. The van der Waals surface area contributed by atoms with E-state index >= 15 is 0 Å². The van der Waals surface area contributed by atoms with Crippen molar-refractivity contribution in [1.82, 2.24) is 14.9 Å². The van der Waals surface area contributed by atoms with E-state index in [1.54, 1.807) is 7.11 Å². The Morgan fingerprint density at radius 3 is 3.04 bits per heavy atom. The summed E-state index contributed by atoms with van der Waals surface area (Å²) >= 11 is 1.85. The molecule has 0 fully saturated rings. The Hall–Kier alpha value is -2.24. The summed E-state index contributed by atoms with van der Waals surface area (Å²) in [6.45, 7) is 4.91. The molecule has 0 radical (unpaired) electrons. The number of rotatable bonds is 4. The van der Waals surface area contributed by atoms with Gasteiger partial charge in [0.05, 0.1) is 7.11 Å². The Labute approximate surface area is 152 Å². The van der Waals surface area contributed by atoms with Crippen LogP contribution in [-0.2, 0) is 19.5 Å². The molecule has 4 nitrogen and oxygen atoms in total. The largest absolute Gasteiger partial charge is 0.497 e. The fourth-order valence-electron chi connectivity index (χ4n) is 3.22. The van der Waals surface area contributed by atoms with Crippen LogP contribution >= 0.6 is 11.3 Å². The third-order valence-electron chi connectivity index (χ3n) is 4.53. The summed E-state index contributed by atoms with van der Waals surface area (Å²) in [5, 5.41) is 0. The second kappa shape index (κ2) is 6.94. The Morgan fingerprint density at radius 1 is 1.24 bits per heavy atom. The van der Waals surface area contributed by atoms with Crippen molar-refractivity contribution in [3.8, 4) is 16.2 Å². The van der Waals surface area contributed by atoms with Crippen molar-refractivity contribution < 1.29 is 4.74 Å². The third kappa shape index (κ3) is 3.57. The molecule has 1 aromatic carbocycles. The van der Waals surface area contributed by atoms with Crippen LogP contribution in [0.2, 0.25) is 0 Å². The first-order valence-electron chi connectivity index (χ1n) is 8.48. The summed E-state index contributed by atoms with van der Waals surface area (Å²) in [7, 11) is 1.71. The van der Waals surface area contributed by atoms with Crippen molar-refractivity contribution in [2.24, 2.45) is 0 Å². The number of fused-ring (bicyclic) bond motifs is 1. The van der Waals surface area contributed by atoms with Crippen LogP contribution in [0.3, 0.4) is 0 Å². The zero-order chi connectivity index (χ0) is 17.2. The molecule has 3 heterocycles. The summed E-state index contributed by atoms with van der Waals surface area (Å²) in [6.07, 6.45) is 2.99. The third-order valence-corrected chi connectivity index (χ3v) is 5.65. The highest BCUT2D eigenvalue weighted by Gasteiger charge is 2.18. The van der Waals surface area contributed by atoms with Crippen LogP contribution in [0.25, 0.3) is 10.4 Å². The van der Waals surface area contributed by atoms with E-state index in [9.17, 15) is 0 Å². The fourth-order valence-corrected chi connectivity index (χ4v) is 4.27. The van der Waals surface area contributed by atoms with E-state index in [1.165, 1.54) is 26.6 Å². The maximum absolute atomic E-state index is 5.33. The zero-order valence-corrected chi connectivity index (χ0v) is 15.3. The van der Waals surface area contributed by atoms with Gasteiger partial charge in [-0.3, -0.25) is 4.90 Å². The van der Waals surface area contributed by atoms with E-state index in [-0.39, 0.29) is 0 Å². The molecule has 0 N–H and O–H groups in total.